The van der Waals surface area contributed by atoms with E-state index in [4.69, 9.17) is 9.47 Å². The smallest absolute Gasteiger partial charge is 0.348 e. The van der Waals surface area contributed by atoms with Gasteiger partial charge in [0.1, 0.15) is 10.6 Å². The number of rotatable bonds is 8. The minimum Gasteiger partial charge on any atom is -0.495 e. The number of carbonyl (C=O) groups excluding carboxylic acids is 2. The van der Waals surface area contributed by atoms with Crippen LogP contribution in [0.15, 0.2) is 72.1 Å². The van der Waals surface area contributed by atoms with Crippen molar-refractivity contribution in [2.24, 2.45) is 0 Å². The third-order valence-electron chi connectivity index (χ3n) is 4.19. The van der Waals surface area contributed by atoms with E-state index in [-0.39, 0.29) is 12.5 Å². The number of nitrogens with zero attached hydrogens (tertiary/aromatic N) is 1. The van der Waals surface area contributed by atoms with Crippen LogP contribution in [-0.4, -0.2) is 32.1 Å². The molecule has 0 aliphatic heterocycles. The van der Waals surface area contributed by atoms with Crippen LogP contribution in [0.5, 0.6) is 5.75 Å². The third kappa shape index (κ3) is 4.98. The topological polar surface area (TPSA) is 55.8 Å². The fraction of sp³-hybridized carbons (Fsp3) is 0.182. The van der Waals surface area contributed by atoms with Crippen molar-refractivity contribution in [3.63, 3.8) is 0 Å². The number of hydrogen-bond acceptors (Lipinski definition) is 5. The van der Waals surface area contributed by atoms with Gasteiger partial charge in [0, 0.05) is 6.54 Å². The molecule has 0 unspecified atom stereocenters. The first-order valence-electron chi connectivity index (χ1n) is 8.87. The molecule has 144 valence electrons. The molecule has 0 spiro atoms. The summed E-state index contributed by atoms with van der Waals surface area (Å²) in [5, 5.41) is 1.79. The molecule has 0 atom stereocenters. The molecule has 3 aromatic rings. The van der Waals surface area contributed by atoms with Crippen molar-refractivity contribution in [2.45, 2.75) is 6.42 Å². The van der Waals surface area contributed by atoms with Crippen LogP contribution in [-0.2, 0) is 16.0 Å². The molecular weight excluding hydrogens is 374 g/mol. The summed E-state index contributed by atoms with van der Waals surface area (Å²) in [5.41, 5.74) is 1.77. The third-order valence-corrected chi connectivity index (χ3v) is 5.04. The highest BCUT2D eigenvalue weighted by Crippen LogP contribution is 2.28. The number of para-hydroxylation sites is 2. The summed E-state index contributed by atoms with van der Waals surface area (Å²) in [6.07, 6.45) is 0.670. The van der Waals surface area contributed by atoms with Gasteiger partial charge in [-0.15, -0.1) is 11.3 Å². The van der Waals surface area contributed by atoms with E-state index in [1.54, 1.807) is 35.6 Å². The first-order chi connectivity index (χ1) is 13.7. The number of amides is 1. The number of esters is 1. The Labute approximate surface area is 168 Å². The highest BCUT2D eigenvalue weighted by atomic mass is 32.1. The second kappa shape index (κ2) is 9.71. The van der Waals surface area contributed by atoms with Crippen molar-refractivity contribution in [1.82, 2.24) is 0 Å². The molecule has 2 aromatic carbocycles. The van der Waals surface area contributed by atoms with Gasteiger partial charge < -0.3 is 14.4 Å². The number of carbonyl (C=O) groups is 2. The molecule has 3 rings (SSSR count). The molecule has 0 N–H and O–H groups in total. The van der Waals surface area contributed by atoms with E-state index in [1.807, 2.05) is 48.5 Å². The van der Waals surface area contributed by atoms with E-state index in [2.05, 4.69) is 0 Å². The van der Waals surface area contributed by atoms with Crippen LogP contribution in [0, 0.1) is 0 Å². The van der Waals surface area contributed by atoms with E-state index in [0.29, 0.717) is 29.3 Å². The van der Waals surface area contributed by atoms with Crippen LogP contribution in [0.1, 0.15) is 15.2 Å². The van der Waals surface area contributed by atoms with Crippen molar-refractivity contribution in [3.8, 4) is 5.75 Å². The molecule has 1 heterocycles. The fourth-order valence-corrected chi connectivity index (χ4v) is 3.40. The van der Waals surface area contributed by atoms with Crippen LogP contribution in [0.3, 0.4) is 0 Å². The second-order valence-corrected chi connectivity index (χ2v) is 6.95. The Morgan fingerprint density at radius 2 is 1.71 bits per heavy atom. The molecule has 1 aromatic heterocycles. The van der Waals surface area contributed by atoms with Crippen molar-refractivity contribution in [1.29, 1.82) is 0 Å². The van der Waals surface area contributed by atoms with Gasteiger partial charge in [0.25, 0.3) is 5.91 Å². The van der Waals surface area contributed by atoms with Crippen LogP contribution in [0.2, 0.25) is 0 Å². The van der Waals surface area contributed by atoms with Gasteiger partial charge in [-0.05, 0) is 35.6 Å². The SMILES string of the molecule is COc1ccccc1N(CCc1ccccc1)C(=O)COC(=O)c1cccs1. The van der Waals surface area contributed by atoms with Gasteiger partial charge in [-0.25, -0.2) is 4.79 Å². The molecule has 0 saturated carbocycles. The van der Waals surface area contributed by atoms with Crippen LogP contribution in [0.25, 0.3) is 0 Å². The lowest BCUT2D eigenvalue weighted by Gasteiger charge is -2.24. The van der Waals surface area contributed by atoms with E-state index in [0.717, 1.165) is 5.56 Å². The summed E-state index contributed by atoms with van der Waals surface area (Å²) in [4.78, 5) is 27.0. The summed E-state index contributed by atoms with van der Waals surface area (Å²) >= 11 is 1.28. The summed E-state index contributed by atoms with van der Waals surface area (Å²) in [6.45, 7) is 0.114. The number of ether oxygens (including phenoxy) is 2. The summed E-state index contributed by atoms with van der Waals surface area (Å²) in [6, 6.07) is 20.7. The maximum Gasteiger partial charge on any atom is 0.348 e. The molecule has 0 radical (unpaired) electrons. The van der Waals surface area contributed by atoms with Gasteiger partial charge in [-0.2, -0.15) is 0 Å². The van der Waals surface area contributed by atoms with Crippen molar-refractivity contribution in [2.75, 3.05) is 25.2 Å². The summed E-state index contributed by atoms with van der Waals surface area (Å²) < 4.78 is 10.6. The lowest BCUT2D eigenvalue weighted by molar-refractivity contribution is -0.121. The predicted octanol–water partition coefficient (Wildman–Crippen LogP) is 4.19. The maximum atomic E-state index is 12.9. The Balaban J connectivity index is 1.74. The quantitative estimate of drug-likeness (QED) is 0.537. The molecule has 1 amide bonds. The maximum absolute atomic E-state index is 12.9. The molecule has 0 aliphatic rings. The molecule has 0 fully saturated rings. The lowest BCUT2D eigenvalue weighted by Crippen LogP contribution is -2.36. The molecule has 0 bridgehead atoms. The monoisotopic (exact) mass is 395 g/mol. The zero-order valence-electron chi connectivity index (χ0n) is 15.5. The van der Waals surface area contributed by atoms with Gasteiger partial charge in [-0.3, -0.25) is 4.79 Å². The Bertz CT molecular complexity index is 909. The normalized spacial score (nSPS) is 10.3. The average molecular weight is 395 g/mol. The van der Waals surface area contributed by atoms with Gasteiger partial charge in [-0.1, -0.05) is 48.5 Å². The van der Waals surface area contributed by atoms with Gasteiger partial charge in [0.2, 0.25) is 0 Å². The van der Waals surface area contributed by atoms with Crippen molar-refractivity contribution >= 4 is 28.9 Å². The molecular formula is C22H21NO4S. The molecule has 0 aliphatic carbocycles. The van der Waals surface area contributed by atoms with Gasteiger partial charge >= 0.3 is 5.97 Å². The van der Waals surface area contributed by atoms with Crippen molar-refractivity contribution < 1.29 is 19.1 Å². The average Bonchev–Trinajstić information content (AvgIpc) is 3.28. The van der Waals surface area contributed by atoms with Gasteiger partial charge in [0.05, 0.1) is 12.8 Å². The highest BCUT2D eigenvalue weighted by molar-refractivity contribution is 7.11. The molecule has 28 heavy (non-hydrogen) atoms. The standard InChI is InChI=1S/C22H21NO4S/c1-26-19-11-6-5-10-18(19)23(14-13-17-8-3-2-4-9-17)21(24)16-27-22(25)20-12-7-15-28-20/h2-12,15H,13-14,16H2,1H3. The minimum atomic E-state index is -0.494. The zero-order chi connectivity index (χ0) is 19.8. The number of thiophene rings is 1. The summed E-state index contributed by atoms with van der Waals surface area (Å²) in [7, 11) is 1.56. The summed E-state index contributed by atoms with van der Waals surface area (Å²) in [5.74, 6) is -0.204. The number of anilines is 1. The largest absolute Gasteiger partial charge is 0.495 e. The van der Waals surface area contributed by atoms with Crippen LogP contribution >= 0.6 is 11.3 Å². The van der Waals surface area contributed by atoms with Crippen molar-refractivity contribution in [3.05, 3.63) is 82.6 Å². The Kier molecular flexibility index (Phi) is 6.81. The van der Waals surface area contributed by atoms with Crippen LogP contribution < -0.4 is 9.64 Å². The van der Waals surface area contributed by atoms with E-state index in [9.17, 15) is 9.59 Å². The first kappa shape index (κ1) is 19.6. The zero-order valence-corrected chi connectivity index (χ0v) is 16.4. The lowest BCUT2D eigenvalue weighted by atomic mass is 10.1. The predicted molar refractivity (Wildman–Crippen MR) is 110 cm³/mol. The fourth-order valence-electron chi connectivity index (χ4n) is 2.79. The van der Waals surface area contributed by atoms with Gasteiger partial charge in [0.15, 0.2) is 6.61 Å². The Morgan fingerprint density at radius 3 is 2.43 bits per heavy atom. The van der Waals surface area contributed by atoms with Crippen LogP contribution in [0.4, 0.5) is 5.69 Å². The second-order valence-electron chi connectivity index (χ2n) is 6.01. The highest BCUT2D eigenvalue weighted by Gasteiger charge is 2.21. The number of methoxy groups -OCH3 is 1. The van der Waals surface area contributed by atoms with E-state index in [1.165, 1.54) is 11.3 Å². The Morgan fingerprint density at radius 1 is 0.964 bits per heavy atom. The van der Waals surface area contributed by atoms with E-state index >= 15 is 0 Å². The molecule has 5 nitrogen and oxygen atoms in total. The number of benzene rings is 2. The van der Waals surface area contributed by atoms with E-state index < -0.39 is 5.97 Å². The number of hydrogen-bond donors (Lipinski definition) is 0. The Hall–Kier alpha value is -3.12. The molecule has 0 saturated heterocycles. The first-order valence-corrected chi connectivity index (χ1v) is 9.75. The minimum absolute atomic E-state index is 0.301. The molecule has 6 heteroatoms.